The van der Waals surface area contributed by atoms with Gasteiger partial charge in [0.15, 0.2) is 0 Å². The van der Waals surface area contributed by atoms with E-state index in [1.165, 1.54) is 6.21 Å². The summed E-state index contributed by atoms with van der Waals surface area (Å²) in [5, 5.41) is 15.4. The summed E-state index contributed by atoms with van der Waals surface area (Å²) in [6.07, 6.45) is 1.33. The Bertz CT molecular complexity index is 714. The third-order valence-corrected chi connectivity index (χ3v) is 3.12. The Labute approximate surface area is 118 Å². The highest BCUT2D eigenvalue weighted by Gasteiger charge is 2.12. The average Bonchev–Trinajstić information content (AvgIpc) is 2.84. The lowest BCUT2D eigenvalue weighted by atomic mass is 10.0. The maximum atomic E-state index is 7.28. The van der Waals surface area contributed by atoms with E-state index in [-0.39, 0.29) is 0 Å². The van der Waals surface area contributed by atoms with E-state index in [2.05, 4.69) is 12.1 Å². The Morgan fingerprint density at radius 3 is 2.40 bits per heavy atom. The van der Waals surface area contributed by atoms with Gasteiger partial charge in [-0.2, -0.15) is 0 Å². The summed E-state index contributed by atoms with van der Waals surface area (Å²) in [6, 6.07) is 16.1. The first-order valence-corrected chi connectivity index (χ1v) is 6.33. The van der Waals surface area contributed by atoms with Gasteiger partial charge < -0.3 is 14.9 Å². The van der Waals surface area contributed by atoms with Gasteiger partial charge >= 0.3 is 0 Å². The molecule has 0 saturated heterocycles. The Morgan fingerprint density at radius 1 is 1.05 bits per heavy atom. The third-order valence-electron chi connectivity index (χ3n) is 3.12. The zero-order valence-electron chi connectivity index (χ0n) is 11.6. The van der Waals surface area contributed by atoms with Crippen LogP contribution in [0.25, 0.3) is 22.1 Å². The summed E-state index contributed by atoms with van der Waals surface area (Å²) >= 11 is 0. The van der Waals surface area contributed by atoms with Crippen LogP contribution in [0.2, 0.25) is 0 Å². The molecule has 0 bridgehead atoms. The van der Waals surface area contributed by atoms with E-state index in [1.54, 1.807) is 0 Å². The van der Waals surface area contributed by atoms with Gasteiger partial charge in [0.05, 0.1) is 0 Å². The molecule has 0 amide bonds. The van der Waals surface area contributed by atoms with Crippen molar-refractivity contribution >= 4 is 17.2 Å². The van der Waals surface area contributed by atoms with Gasteiger partial charge in [-0.1, -0.05) is 36.4 Å². The fourth-order valence-corrected chi connectivity index (χ4v) is 2.29. The van der Waals surface area contributed by atoms with Crippen molar-refractivity contribution in [2.45, 2.75) is 6.92 Å². The minimum absolute atomic E-state index is 0.840. The number of furan rings is 1. The molecule has 3 rings (SSSR count). The van der Waals surface area contributed by atoms with Crippen LogP contribution in [0.15, 0.2) is 52.9 Å². The fraction of sp³-hybridized carbons (Fsp3) is 0.118. The summed E-state index contributed by atoms with van der Waals surface area (Å²) in [6.45, 7) is 1.98. The molecule has 3 aromatic rings. The highest BCUT2D eigenvalue weighted by Crippen LogP contribution is 2.34. The SMILES string of the molecule is CO.Cc1oc2cc(C=N)ccc2c1-c1ccccc1. The lowest BCUT2D eigenvalue weighted by Crippen LogP contribution is -1.79. The molecule has 0 atom stereocenters. The molecule has 2 N–H and O–H groups in total. The molecular formula is C17H17NO2. The van der Waals surface area contributed by atoms with E-state index in [1.807, 2.05) is 43.3 Å². The van der Waals surface area contributed by atoms with Gasteiger partial charge in [0, 0.05) is 24.3 Å². The molecule has 0 unspecified atom stereocenters. The number of benzene rings is 2. The largest absolute Gasteiger partial charge is 0.461 e. The van der Waals surface area contributed by atoms with E-state index in [4.69, 9.17) is 14.9 Å². The average molecular weight is 267 g/mol. The van der Waals surface area contributed by atoms with Crippen LogP contribution < -0.4 is 0 Å². The minimum atomic E-state index is 0.840. The van der Waals surface area contributed by atoms with Gasteiger partial charge in [-0.05, 0) is 30.2 Å². The summed E-state index contributed by atoms with van der Waals surface area (Å²) in [7, 11) is 1.00. The zero-order chi connectivity index (χ0) is 14.5. The predicted octanol–water partition coefficient (Wildman–Crippen LogP) is 4.01. The van der Waals surface area contributed by atoms with Gasteiger partial charge in [-0.25, -0.2) is 0 Å². The van der Waals surface area contributed by atoms with Crippen LogP contribution >= 0.6 is 0 Å². The van der Waals surface area contributed by atoms with Crippen LogP contribution in [-0.2, 0) is 0 Å². The maximum Gasteiger partial charge on any atom is 0.135 e. The smallest absolute Gasteiger partial charge is 0.135 e. The first-order chi connectivity index (χ1) is 9.79. The van der Waals surface area contributed by atoms with E-state index < -0.39 is 0 Å². The van der Waals surface area contributed by atoms with E-state index in [9.17, 15) is 0 Å². The van der Waals surface area contributed by atoms with Crippen LogP contribution in [0, 0.1) is 12.3 Å². The first-order valence-electron chi connectivity index (χ1n) is 6.33. The molecule has 20 heavy (non-hydrogen) atoms. The second-order valence-corrected chi connectivity index (χ2v) is 4.30. The predicted molar refractivity (Wildman–Crippen MR) is 82.4 cm³/mol. The van der Waals surface area contributed by atoms with Crippen molar-refractivity contribution < 1.29 is 9.52 Å². The Kier molecular flexibility index (Phi) is 4.33. The molecule has 0 fully saturated rings. The van der Waals surface area contributed by atoms with Crippen molar-refractivity contribution in [2.75, 3.05) is 7.11 Å². The van der Waals surface area contributed by atoms with E-state index in [0.717, 1.165) is 40.5 Å². The maximum absolute atomic E-state index is 7.28. The van der Waals surface area contributed by atoms with Gasteiger partial charge in [-0.3, -0.25) is 0 Å². The minimum Gasteiger partial charge on any atom is -0.461 e. The number of hydrogen-bond acceptors (Lipinski definition) is 3. The third kappa shape index (κ3) is 2.49. The quantitative estimate of drug-likeness (QED) is 0.689. The molecule has 1 aromatic heterocycles. The molecule has 0 aliphatic heterocycles. The summed E-state index contributed by atoms with van der Waals surface area (Å²) in [5.74, 6) is 0.915. The Morgan fingerprint density at radius 2 is 1.75 bits per heavy atom. The van der Waals surface area contributed by atoms with Gasteiger partial charge in [0.1, 0.15) is 11.3 Å². The molecule has 3 heteroatoms. The highest BCUT2D eigenvalue weighted by atomic mass is 16.3. The summed E-state index contributed by atoms with van der Waals surface area (Å²) in [4.78, 5) is 0. The lowest BCUT2D eigenvalue weighted by Gasteiger charge is -1.99. The number of aliphatic hydroxyl groups excluding tert-OH is 1. The molecule has 102 valence electrons. The van der Waals surface area contributed by atoms with Gasteiger partial charge in [0.2, 0.25) is 0 Å². The summed E-state index contributed by atoms with van der Waals surface area (Å²) in [5.41, 5.74) is 4.00. The molecule has 0 saturated carbocycles. The normalized spacial score (nSPS) is 9.95. The van der Waals surface area contributed by atoms with Crippen LogP contribution in [0.4, 0.5) is 0 Å². The molecular weight excluding hydrogens is 250 g/mol. The number of aliphatic hydroxyl groups is 1. The van der Waals surface area contributed by atoms with Crippen LogP contribution in [0.3, 0.4) is 0 Å². The van der Waals surface area contributed by atoms with Crippen molar-refractivity contribution in [3.8, 4) is 11.1 Å². The standard InChI is InChI=1S/C16H13NO.CH4O/c1-11-16(13-5-3-2-4-6-13)14-8-7-12(10-17)9-15(14)18-11;1-2/h2-10,17H,1H3;2H,1H3. The molecule has 0 aliphatic rings. The van der Waals surface area contributed by atoms with Crippen molar-refractivity contribution in [2.24, 2.45) is 0 Å². The van der Waals surface area contributed by atoms with Gasteiger partial charge in [-0.15, -0.1) is 0 Å². The van der Waals surface area contributed by atoms with Crippen LogP contribution in [0.1, 0.15) is 11.3 Å². The molecule has 0 aliphatic carbocycles. The summed E-state index contributed by atoms with van der Waals surface area (Å²) < 4.78 is 5.79. The number of hydrogen-bond donors (Lipinski definition) is 2. The van der Waals surface area contributed by atoms with E-state index in [0.29, 0.717) is 0 Å². The zero-order valence-corrected chi connectivity index (χ0v) is 11.6. The molecule has 1 heterocycles. The molecule has 0 spiro atoms. The molecule has 0 radical (unpaired) electrons. The monoisotopic (exact) mass is 267 g/mol. The highest BCUT2D eigenvalue weighted by molar-refractivity contribution is 5.98. The van der Waals surface area contributed by atoms with Crippen LogP contribution in [-0.4, -0.2) is 18.4 Å². The van der Waals surface area contributed by atoms with Crippen LogP contribution in [0.5, 0.6) is 0 Å². The number of rotatable bonds is 2. The second-order valence-electron chi connectivity index (χ2n) is 4.30. The molecule has 3 nitrogen and oxygen atoms in total. The Balaban J connectivity index is 0.000000704. The second kappa shape index (κ2) is 6.17. The fourth-order valence-electron chi connectivity index (χ4n) is 2.29. The van der Waals surface area contributed by atoms with E-state index >= 15 is 0 Å². The lowest BCUT2D eigenvalue weighted by molar-refractivity contribution is 0.399. The first kappa shape index (κ1) is 14.0. The van der Waals surface area contributed by atoms with Crippen molar-refractivity contribution in [1.82, 2.24) is 0 Å². The van der Waals surface area contributed by atoms with Crippen molar-refractivity contribution in [3.05, 3.63) is 59.9 Å². The number of aryl methyl sites for hydroxylation is 1. The number of fused-ring (bicyclic) bond motifs is 1. The van der Waals surface area contributed by atoms with Crippen molar-refractivity contribution in [1.29, 1.82) is 5.41 Å². The molecule has 2 aromatic carbocycles. The number of nitrogens with one attached hydrogen (secondary N) is 1. The van der Waals surface area contributed by atoms with Crippen molar-refractivity contribution in [3.63, 3.8) is 0 Å². The topological polar surface area (TPSA) is 57.2 Å². The van der Waals surface area contributed by atoms with Gasteiger partial charge in [0.25, 0.3) is 0 Å². The Hall–Kier alpha value is -2.39.